The van der Waals surface area contributed by atoms with Crippen LogP contribution in [0.1, 0.15) is 24.2 Å². The van der Waals surface area contributed by atoms with Gasteiger partial charge in [0.05, 0.1) is 5.56 Å². The van der Waals surface area contributed by atoms with Crippen LogP contribution in [0.5, 0.6) is 0 Å². The smallest absolute Gasteiger partial charge is 0.255 e. The summed E-state index contributed by atoms with van der Waals surface area (Å²) in [6, 6.07) is 1.68. The second-order valence-corrected chi connectivity index (χ2v) is 6.77. The molecule has 1 amide bonds. The molecule has 4 N–H and O–H groups in total. The number of thioether (sulfide) groups is 1. The first-order valence-corrected chi connectivity index (χ1v) is 7.37. The van der Waals surface area contributed by atoms with E-state index in [-0.39, 0.29) is 10.7 Å². The van der Waals surface area contributed by atoms with E-state index in [9.17, 15) is 4.79 Å². The lowest BCUT2D eigenvalue weighted by Gasteiger charge is -2.22. The van der Waals surface area contributed by atoms with Gasteiger partial charge >= 0.3 is 0 Å². The number of carbonyl (C=O) groups is 1. The fraction of sp³-hybridized carbons (Fsp3) is 0.455. The van der Waals surface area contributed by atoms with Gasteiger partial charge in [-0.1, -0.05) is 0 Å². The molecule has 0 fully saturated rings. The summed E-state index contributed by atoms with van der Waals surface area (Å²) in [6.45, 7) is 4.71. The van der Waals surface area contributed by atoms with Crippen LogP contribution in [-0.2, 0) is 0 Å². The van der Waals surface area contributed by atoms with Crippen molar-refractivity contribution < 1.29 is 4.79 Å². The second kappa shape index (κ2) is 6.40. The number of hydrazine groups is 1. The van der Waals surface area contributed by atoms with Gasteiger partial charge in [-0.25, -0.2) is 10.8 Å². The molecule has 0 saturated heterocycles. The minimum atomic E-state index is -0.195. The lowest BCUT2D eigenvalue weighted by atomic mass is 10.2. The minimum absolute atomic E-state index is 0.00852. The van der Waals surface area contributed by atoms with Gasteiger partial charge < -0.3 is 10.7 Å². The van der Waals surface area contributed by atoms with Crippen molar-refractivity contribution in [2.45, 2.75) is 18.6 Å². The van der Waals surface area contributed by atoms with Gasteiger partial charge in [-0.05, 0) is 42.1 Å². The topological polar surface area (TPSA) is 80.0 Å². The SMILES string of the molecule is CSC(C)(C)CNC(=O)c1cc(Br)cnc1NN. The van der Waals surface area contributed by atoms with Crippen LogP contribution in [0.15, 0.2) is 16.7 Å². The molecular weight excluding hydrogens is 316 g/mol. The maximum Gasteiger partial charge on any atom is 0.255 e. The average molecular weight is 333 g/mol. The van der Waals surface area contributed by atoms with Gasteiger partial charge in [0.15, 0.2) is 5.82 Å². The Morgan fingerprint density at radius 2 is 2.28 bits per heavy atom. The van der Waals surface area contributed by atoms with Gasteiger partial charge in [-0.3, -0.25) is 4.79 Å². The first-order chi connectivity index (χ1) is 8.39. The van der Waals surface area contributed by atoms with E-state index in [1.165, 1.54) is 0 Å². The molecule has 7 heteroatoms. The third kappa shape index (κ3) is 4.15. The Kier molecular flexibility index (Phi) is 5.43. The number of carbonyl (C=O) groups excluding carboxylic acids is 1. The third-order valence-electron chi connectivity index (χ3n) is 2.46. The highest BCUT2D eigenvalue weighted by molar-refractivity contribution is 9.10. The zero-order valence-electron chi connectivity index (χ0n) is 10.6. The Hall–Kier alpha value is -0.790. The summed E-state index contributed by atoms with van der Waals surface area (Å²) < 4.78 is 0.724. The lowest BCUT2D eigenvalue weighted by molar-refractivity contribution is 0.0951. The van der Waals surface area contributed by atoms with Gasteiger partial charge in [0.1, 0.15) is 0 Å². The first kappa shape index (κ1) is 15.3. The van der Waals surface area contributed by atoms with Crippen LogP contribution in [0.4, 0.5) is 5.82 Å². The molecule has 0 aliphatic carbocycles. The molecule has 0 aliphatic heterocycles. The van der Waals surface area contributed by atoms with E-state index in [4.69, 9.17) is 5.84 Å². The van der Waals surface area contributed by atoms with Gasteiger partial charge in [-0.15, -0.1) is 0 Å². The third-order valence-corrected chi connectivity index (χ3v) is 4.15. The molecule has 0 saturated carbocycles. The summed E-state index contributed by atoms with van der Waals surface area (Å²) in [4.78, 5) is 16.1. The molecule has 0 bridgehead atoms. The van der Waals surface area contributed by atoms with Crippen LogP contribution in [0.25, 0.3) is 0 Å². The molecule has 0 aromatic carbocycles. The van der Waals surface area contributed by atoms with Crippen LogP contribution in [0.2, 0.25) is 0 Å². The molecule has 1 aromatic heterocycles. The van der Waals surface area contributed by atoms with E-state index in [1.807, 2.05) is 6.26 Å². The number of nitrogen functional groups attached to an aromatic ring is 1. The Morgan fingerprint density at radius 1 is 1.61 bits per heavy atom. The highest BCUT2D eigenvalue weighted by Crippen LogP contribution is 2.21. The molecule has 0 atom stereocenters. The summed E-state index contributed by atoms with van der Waals surface area (Å²) in [7, 11) is 0. The number of rotatable bonds is 5. The fourth-order valence-corrected chi connectivity index (χ4v) is 1.74. The van der Waals surface area contributed by atoms with Crippen molar-refractivity contribution in [3.8, 4) is 0 Å². The van der Waals surface area contributed by atoms with Crippen molar-refractivity contribution in [1.29, 1.82) is 0 Å². The van der Waals surface area contributed by atoms with E-state index >= 15 is 0 Å². The maximum absolute atomic E-state index is 12.1. The molecule has 1 aromatic rings. The van der Waals surface area contributed by atoms with Gasteiger partial charge in [0.25, 0.3) is 5.91 Å². The number of nitrogens with zero attached hydrogens (tertiary/aromatic N) is 1. The van der Waals surface area contributed by atoms with Crippen LogP contribution in [-0.4, -0.2) is 28.4 Å². The van der Waals surface area contributed by atoms with Crippen molar-refractivity contribution in [1.82, 2.24) is 10.3 Å². The molecule has 0 aliphatic rings. The monoisotopic (exact) mass is 332 g/mol. The summed E-state index contributed by atoms with van der Waals surface area (Å²) >= 11 is 4.98. The lowest BCUT2D eigenvalue weighted by Crippen LogP contribution is -2.36. The summed E-state index contributed by atoms with van der Waals surface area (Å²) in [5.74, 6) is 5.50. The van der Waals surface area contributed by atoms with E-state index in [2.05, 4.69) is 45.5 Å². The van der Waals surface area contributed by atoms with Crippen LogP contribution in [0, 0.1) is 0 Å². The Balaban J connectivity index is 2.81. The van der Waals surface area contributed by atoms with Crippen LogP contribution in [0.3, 0.4) is 0 Å². The molecule has 0 radical (unpaired) electrons. The maximum atomic E-state index is 12.1. The molecule has 18 heavy (non-hydrogen) atoms. The second-order valence-electron chi connectivity index (χ2n) is 4.34. The number of nitrogens with two attached hydrogens (primary N) is 1. The van der Waals surface area contributed by atoms with Crippen molar-refractivity contribution in [2.24, 2.45) is 5.84 Å². The number of hydrogen-bond acceptors (Lipinski definition) is 5. The summed E-state index contributed by atoms with van der Waals surface area (Å²) in [6.07, 6.45) is 3.59. The van der Waals surface area contributed by atoms with E-state index in [0.717, 1.165) is 4.47 Å². The number of halogens is 1. The standard InChI is InChI=1S/C11H17BrN4OS/c1-11(2,18-3)6-15-10(17)8-4-7(12)5-14-9(8)16-13/h4-5H,6,13H2,1-3H3,(H,14,16)(H,15,17). The largest absolute Gasteiger partial charge is 0.351 e. The number of anilines is 1. The van der Waals surface area contributed by atoms with Crippen molar-refractivity contribution >= 4 is 39.4 Å². The Labute approximate surface area is 119 Å². The number of nitrogens with one attached hydrogen (secondary N) is 2. The number of amides is 1. The normalized spacial score (nSPS) is 11.2. The Bertz CT molecular complexity index is 439. The zero-order valence-corrected chi connectivity index (χ0v) is 13.0. The van der Waals surface area contributed by atoms with E-state index in [0.29, 0.717) is 17.9 Å². The van der Waals surface area contributed by atoms with Gasteiger partial charge in [-0.2, -0.15) is 11.8 Å². The number of hydrogen-bond donors (Lipinski definition) is 3. The van der Waals surface area contributed by atoms with Crippen molar-refractivity contribution in [3.05, 3.63) is 22.3 Å². The highest BCUT2D eigenvalue weighted by Gasteiger charge is 2.19. The summed E-state index contributed by atoms with van der Waals surface area (Å²) in [5, 5.41) is 2.88. The van der Waals surface area contributed by atoms with Gasteiger partial charge in [0, 0.05) is 22.0 Å². The fourth-order valence-electron chi connectivity index (χ4n) is 1.19. The minimum Gasteiger partial charge on any atom is -0.351 e. The quantitative estimate of drug-likeness (QED) is 0.567. The zero-order chi connectivity index (χ0) is 13.8. The summed E-state index contributed by atoms with van der Waals surface area (Å²) in [5.41, 5.74) is 2.84. The van der Waals surface area contributed by atoms with Crippen LogP contribution >= 0.6 is 27.7 Å². The molecule has 0 unspecified atom stereocenters. The number of aromatic nitrogens is 1. The van der Waals surface area contributed by atoms with E-state index in [1.54, 1.807) is 24.0 Å². The van der Waals surface area contributed by atoms with Crippen LogP contribution < -0.4 is 16.6 Å². The predicted molar refractivity (Wildman–Crippen MR) is 79.7 cm³/mol. The molecule has 1 rings (SSSR count). The van der Waals surface area contributed by atoms with Crippen molar-refractivity contribution in [3.63, 3.8) is 0 Å². The molecule has 0 spiro atoms. The average Bonchev–Trinajstić information content (AvgIpc) is 2.36. The number of pyridine rings is 1. The first-order valence-electron chi connectivity index (χ1n) is 5.35. The molecular formula is C11H17BrN4OS. The predicted octanol–water partition coefficient (Wildman–Crippen LogP) is 2.00. The van der Waals surface area contributed by atoms with E-state index < -0.39 is 0 Å². The Morgan fingerprint density at radius 3 is 2.83 bits per heavy atom. The van der Waals surface area contributed by atoms with Crippen molar-refractivity contribution in [2.75, 3.05) is 18.2 Å². The molecule has 100 valence electrons. The highest BCUT2D eigenvalue weighted by atomic mass is 79.9. The van der Waals surface area contributed by atoms with Gasteiger partial charge in [0.2, 0.25) is 0 Å². The molecule has 5 nitrogen and oxygen atoms in total. The molecule has 1 heterocycles.